The molecule has 1 amide bonds. The molecule has 0 saturated heterocycles. The fourth-order valence-corrected chi connectivity index (χ4v) is 4.07. The van der Waals surface area contributed by atoms with E-state index in [1.54, 1.807) is 11.3 Å². The van der Waals surface area contributed by atoms with Crippen LogP contribution < -0.4 is 10.1 Å². The second kappa shape index (κ2) is 8.93. The Hall–Kier alpha value is -3.10. The zero-order valence-electron chi connectivity index (χ0n) is 15.6. The summed E-state index contributed by atoms with van der Waals surface area (Å²) in [4.78, 5) is 13.3. The summed E-state index contributed by atoms with van der Waals surface area (Å²) in [5.41, 5.74) is 0.716. The van der Waals surface area contributed by atoms with Crippen molar-refractivity contribution >= 4 is 34.7 Å². The van der Waals surface area contributed by atoms with E-state index in [1.165, 1.54) is 11.8 Å². The first kappa shape index (κ1) is 19.2. The van der Waals surface area contributed by atoms with Crippen LogP contribution >= 0.6 is 23.1 Å². The van der Waals surface area contributed by atoms with E-state index in [-0.39, 0.29) is 11.7 Å². The average molecular weight is 423 g/mol. The normalized spacial score (nSPS) is 10.7. The van der Waals surface area contributed by atoms with E-state index >= 15 is 0 Å². The summed E-state index contributed by atoms with van der Waals surface area (Å²) in [7, 11) is 1.90. The number of nitrogens with zero attached hydrogens (tertiary/aromatic N) is 3. The van der Waals surface area contributed by atoms with E-state index in [4.69, 9.17) is 4.74 Å². The highest BCUT2D eigenvalue weighted by Crippen LogP contribution is 2.26. The van der Waals surface area contributed by atoms with Crippen molar-refractivity contribution in [3.8, 4) is 22.2 Å². The highest BCUT2D eigenvalue weighted by Gasteiger charge is 2.13. The van der Waals surface area contributed by atoms with Gasteiger partial charge in [-0.2, -0.15) is 0 Å². The lowest BCUT2D eigenvalue weighted by molar-refractivity contribution is -0.113. The molecule has 0 spiro atoms. The minimum absolute atomic E-state index is 0.104. The summed E-state index contributed by atoms with van der Waals surface area (Å²) >= 11 is 2.96. The molecule has 146 valence electrons. The third-order valence-electron chi connectivity index (χ3n) is 4.03. The van der Waals surface area contributed by atoms with Gasteiger partial charge in [-0.3, -0.25) is 4.79 Å². The van der Waals surface area contributed by atoms with Gasteiger partial charge in [-0.05, 0) is 47.8 Å². The van der Waals surface area contributed by atoms with Crippen molar-refractivity contribution in [3.63, 3.8) is 0 Å². The molecule has 2 aromatic heterocycles. The van der Waals surface area contributed by atoms with E-state index in [1.807, 2.05) is 83.7 Å². The van der Waals surface area contributed by atoms with Crippen LogP contribution in [-0.4, -0.2) is 26.4 Å². The molecule has 0 radical (unpaired) electrons. The maximum absolute atomic E-state index is 12.3. The lowest BCUT2D eigenvalue weighted by Crippen LogP contribution is -2.14. The Morgan fingerprint density at radius 2 is 1.79 bits per heavy atom. The molecule has 1 N–H and O–H groups in total. The van der Waals surface area contributed by atoms with Crippen LogP contribution in [0.25, 0.3) is 10.7 Å². The zero-order valence-corrected chi connectivity index (χ0v) is 17.2. The fourth-order valence-electron chi connectivity index (χ4n) is 2.62. The molecule has 6 nitrogen and oxygen atoms in total. The summed E-state index contributed by atoms with van der Waals surface area (Å²) < 4.78 is 7.66. The molecule has 2 aromatic carbocycles. The second-order valence-corrected chi connectivity index (χ2v) is 8.01. The first-order chi connectivity index (χ1) is 14.2. The van der Waals surface area contributed by atoms with Crippen LogP contribution in [0.2, 0.25) is 0 Å². The van der Waals surface area contributed by atoms with Crippen molar-refractivity contribution in [1.29, 1.82) is 0 Å². The van der Waals surface area contributed by atoms with Crippen molar-refractivity contribution in [3.05, 3.63) is 72.1 Å². The Labute approximate surface area is 176 Å². The topological polar surface area (TPSA) is 69.0 Å². The molecule has 4 rings (SSSR count). The molecule has 0 aliphatic carbocycles. The lowest BCUT2D eigenvalue weighted by Gasteiger charge is -2.08. The number of hydrogen-bond acceptors (Lipinski definition) is 6. The van der Waals surface area contributed by atoms with Gasteiger partial charge in [0.1, 0.15) is 11.5 Å². The van der Waals surface area contributed by atoms with Crippen LogP contribution in [0, 0.1) is 0 Å². The Bertz CT molecular complexity index is 1080. The summed E-state index contributed by atoms with van der Waals surface area (Å²) in [6.45, 7) is 0. The minimum Gasteiger partial charge on any atom is -0.457 e. The number of carbonyl (C=O) groups is 1. The van der Waals surface area contributed by atoms with Crippen molar-refractivity contribution in [2.24, 2.45) is 7.05 Å². The number of amides is 1. The molecule has 0 saturated carbocycles. The van der Waals surface area contributed by atoms with Gasteiger partial charge in [0.2, 0.25) is 5.91 Å². The number of thiophene rings is 1. The quantitative estimate of drug-likeness (QED) is 0.421. The highest BCUT2D eigenvalue weighted by molar-refractivity contribution is 7.99. The van der Waals surface area contributed by atoms with Gasteiger partial charge in [0, 0.05) is 12.7 Å². The number of nitrogens with one attached hydrogen (secondary N) is 1. The minimum atomic E-state index is -0.104. The number of para-hydroxylation sites is 1. The second-order valence-electron chi connectivity index (χ2n) is 6.12. The molecule has 2 heterocycles. The average Bonchev–Trinajstić information content (AvgIpc) is 3.38. The molecular weight excluding hydrogens is 404 g/mol. The van der Waals surface area contributed by atoms with Gasteiger partial charge in [-0.1, -0.05) is 36.0 Å². The molecule has 8 heteroatoms. The molecule has 0 aliphatic rings. The van der Waals surface area contributed by atoms with E-state index in [0.29, 0.717) is 16.6 Å². The largest absolute Gasteiger partial charge is 0.457 e. The van der Waals surface area contributed by atoms with Crippen molar-refractivity contribution < 1.29 is 9.53 Å². The van der Waals surface area contributed by atoms with Gasteiger partial charge in [0.15, 0.2) is 11.0 Å². The molecule has 4 aromatic rings. The predicted octanol–water partition coefficient (Wildman–Crippen LogP) is 5.07. The summed E-state index contributed by atoms with van der Waals surface area (Å²) in [5, 5.41) is 14.0. The third kappa shape index (κ3) is 4.85. The van der Waals surface area contributed by atoms with Gasteiger partial charge in [-0.15, -0.1) is 21.5 Å². The van der Waals surface area contributed by atoms with Crippen molar-refractivity contribution in [2.75, 3.05) is 11.1 Å². The Kier molecular flexibility index (Phi) is 5.92. The van der Waals surface area contributed by atoms with Crippen LogP contribution in [0.3, 0.4) is 0 Å². The molecule has 0 unspecified atom stereocenters. The lowest BCUT2D eigenvalue weighted by atomic mass is 10.3. The van der Waals surface area contributed by atoms with Gasteiger partial charge in [-0.25, -0.2) is 0 Å². The van der Waals surface area contributed by atoms with E-state index in [0.717, 1.165) is 16.5 Å². The molecule has 0 aliphatic heterocycles. The standard InChI is InChI=1S/C21H18N4O2S2/c1-25-20(18-8-5-13-28-18)23-24-21(25)29-14-19(26)22-15-9-11-17(12-10-15)27-16-6-3-2-4-7-16/h2-13H,14H2,1H3,(H,22,26). The molecule has 0 fully saturated rings. The molecule has 0 atom stereocenters. The Morgan fingerprint density at radius 1 is 1.03 bits per heavy atom. The number of aromatic nitrogens is 3. The van der Waals surface area contributed by atoms with E-state index in [9.17, 15) is 4.79 Å². The SMILES string of the molecule is Cn1c(SCC(=O)Nc2ccc(Oc3ccccc3)cc2)nnc1-c1cccs1. The van der Waals surface area contributed by atoms with E-state index in [2.05, 4.69) is 15.5 Å². The van der Waals surface area contributed by atoms with Crippen LogP contribution in [0.4, 0.5) is 5.69 Å². The highest BCUT2D eigenvalue weighted by atomic mass is 32.2. The van der Waals surface area contributed by atoms with Gasteiger partial charge < -0.3 is 14.6 Å². The van der Waals surface area contributed by atoms with Gasteiger partial charge in [0.05, 0.1) is 10.6 Å². The molecule has 29 heavy (non-hydrogen) atoms. The number of carbonyl (C=O) groups excluding carboxylic acids is 1. The maximum atomic E-state index is 12.3. The number of rotatable bonds is 7. The predicted molar refractivity (Wildman–Crippen MR) is 117 cm³/mol. The summed E-state index contributed by atoms with van der Waals surface area (Å²) in [5.74, 6) is 2.43. The maximum Gasteiger partial charge on any atom is 0.234 e. The number of ether oxygens (including phenoxy) is 1. The van der Waals surface area contributed by atoms with Crippen LogP contribution in [0.15, 0.2) is 77.3 Å². The smallest absolute Gasteiger partial charge is 0.234 e. The number of hydrogen-bond donors (Lipinski definition) is 1. The Balaban J connectivity index is 1.31. The fraction of sp³-hybridized carbons (Fsp3) is 0.0952. The Morgan fingerprint density at radius 3 is 2.52 bits per heavy atom. The first-order valence-electron chi connectivity index (χ1n) is 8.88. The number of thioether (sulfide) groups is 1. The monoisotopic (exact) mass is 422 g/mol. The van der Waals surface area contributed by atoms with Crippen LogP contribution in [-0.2, 0) is 11.8 Å². The van der Waals surface area contributed by atoms with Crippen molar-refractivity contribution in [2.45, 2.75) is 5.16 Å². The van der Waals surface area contributed by atoms with Crippen molar-refractivity contribution in [1.82, 2.24) is 14.8 Å². The number of benzene rings is 2. The summed E-state index contributed by atoms with van der Waals surface area (Å²) in [6, 6.07) is 20.8. The van der Waals surface area contributed by atoms with Gasteiger partial charge >= 0.3 is 0 Å². The van der Waals surface area contributed by atoms with Crippen LogP contribution in [0.5, 0.6) is 11.5 Å². The summed E-state index contributed by atoms with van der Waals surface area (Å²) in [6.07, 6.45) is 0. The molecular formula is C21H18N4O2S2. The zero-order chi connectivity index (χ0) is 20.1. The molecule has 0 bridgehead atoms. The van der Waals surface area contributed by atoms with Gasteiger partial charge in [0.25, 0.3) is 0 Å². The van der Waals surface area contributed by atoms with E-state index < -0.39 is 0 Å². The number of anilines is 1. The first-order valence-corrected chi connectivity index (χ1v) is 10.7. The third-order valence-corrected chi connectivity index (χ3v) is 5.91. The van der Waals surface area contributed by atoms with Crippen LogP contribution in [0.1, 0.15) is 0 Å².